The highest BCUT2D eigenvalue weighted by atomic mass is 16.2. The smallest absolute Gasteiger partial charge is 0.256 e. The second kappa shape index (κ2) is 7.02. The zero-order valence-corrected chi connectivity index (χ0v) is 12.5. The second-order valence-corrected chi connectivity index (χ2v) is 5.46. The van der Waals surface area contributed by atoms with Gasteiger partial charge in [-0.1, -0.05) is 30.3 Å². The van der Waals surface area contributed by atoms with Gasteiger partial charge >= 0.3 is 0 Å². The van der Waals surface area contributed by atoms with Gasteiger partial charge in [0.1, 0.15) is 0 Å². The summed E-state index contributed by atoms with van der Waals surface area (Å²) in [7, 11) is 0. The SMILES string of the molecule is O=C(c1cnc(NCCc2ccccc2)nc1)N1CCCC1. The molecular formula is C17H20N4O. The number of rotatable bonds is 5. The Hall–Kier alpha value is -2.43. The number of carbonyl (C=O) groups excluding carboxylic acids is 1. The Morgan fingerprint density at radius 2 is 1.77 bits per heavy atom. The van der Waals surface area contributed by atoms with E-state index in [-0.39, 0.29) is 5.91 Å². The number of hydrogen-bond acceptors (Lipinski definition) is 4. The molecule has 1 aliphatic rings. The van der Waals surface area contributed by atoms with E-state index >= 15 is 0 Å². The van der Waals surface area contributed by atoms with Crippen LogP contribution in [0, 0.1) is 0 Å². The van der Waals surface area contributed by atoms with Crippen molar-refractivity contribution < 1.29 is 4.79 Å². The van der Waals surface area contributed by atoms with E-state index in [0.29, 0.717) is 11.5 Å². The molecule has 2 heterocycles. The van der Waals surface area contributed by atoms with Crippen molar-refractivity contribution >= 4 is 11.9 Å². The predicted molar refractivity (Wildman–Crippen MR) is 85.8 cm³/mol. The molecular weight excluding hydrogens is 276 g/mol. The fourth-order valence-electron chi connectivity index (χ4n) is 2.60. The average Bonchev–Trinajstić information content (AvgIpc) is 3.10. The molecule has 5 nitrogen and oxygen atoms in total. The number of carbonyl (C=O) groups is 1. The van der Waals surface area contributed by atoms with E-state index in [1.54, 1.807) is 12.4 Å². The summed E-state index contributed by atoms with van der Waals surface area (Å²) in [5.74, 6) is 0.599. The molecule has 1 N–H and O–H groups in total. The van der Waals surface area contributed by atoms with Crippen molar-refractivity contribution in [2.75, 3.05) is 25.0 Å². The van der Waals surface area contributed by atoms with E-state index in [1.807, 2.05) is 23.1 Å². The Balaban J connectivity index is 1.52. The molecule has 0 atom stereocenters. The van der Waals surface area contributed by atoms with Crippen LogP contribution in [0.5, 0.6) is 0 Å². The molecule has 1 fully saturated rings. The van der Waals surface area contributed by atoms with Crippen molar-refractivity contribution in [3.63, 3.8) is 0 Å². The average molecular weight is 296 g/mol. The van der Waals surface area contributed by atoms with Crippen LogP contribution in [-0.2, 0) is 6.42 Å². The molecule has 0 saturated carbocycles. The first-order valence-electron chi connectivity index (χ1n) is 7.72. The minimum absolute atomic E-state index is 0.0355. The fourth-order valence-corrected chi connectivity index (χ4v) is 2.60. The normalized spacial score (nSPS) is 14.1. The second-order valence-electron chi connectivity index (χ2n) is 5.46. The number of nitrogens with zero attached hydrogens (tertiary/aromatic N) is 3. The third-order valence-corrected chi connectivity index (χ3v) is 3.83. The van der Waals surface area contributed by atoms with Crippen LogP contribution in [0.2, 0.25) is 0 Å². The highest BCUT2D eigenvalue weighted by Crippen LogP contribution is 2.12. The van der Waals surface area contributed by atoms with E-state index in [9.17, 15) is 4.79 Å². The van der Waals surface area contributed by atoms with Gasteiger partial charge in [0.05, 0.1) is 5.56 Å². The summed E-state index contributed by atoms with van der Waals surface area (Å²) >= 11 is 0. The number of nitrogens with one attached hydrogen (secondary N) is 1. The first-order valence-corrected chi connectivity index (χ1v) is 7.72. The Kier molecular flexibility index (Phi) is 4.63. The van der Waals surface area contributed by atoms with E-state index < -0.39 is 0 Å². The van der Waals surface area contributed by atoms with Gasteiger partial charge in [-0.25, -0.2) is 9.97 Å². The summed E-state index contributed by atoms with van der Waals surface area (Å²) in [5, 5.41) is 3.18. The molecule has 1 aromatic heterocycles. The first kappa shape index (κ1) is 14.5. The van der Waals surface area contributed by atoms with Crippen LogP contribution < -0.4 is 5.32 Å². The van der Waals surface area contributed by atoms with Crippen molar-refractivity contribution in [3.05, 3.63) is 53.9 Å². The molecule has 1 amide bonds. The Morgan fingerprint density at radius 3 is 2.45 bits per heavy atom. The van der Waals surface area contributed by atoms with Gasteiger partial charge < -0.3 is 10.2 Å². The summed E-state index contributed by atoms with van der Waals surface area (Å²) in [6.45, 7) is 2.45. The molecule has 1 aromatic carbocycles. The fraction of sp³-hybridized carbons (Fsp3) is 0.353. The standard InChI is InChI=1S/C17H20N4O/c22-16(21-10-4-5-11-21)15-12-19-17(20-13-15)18-9-8-14-6-2-1-3-7-14/h1-3,6-7,12-13H,4-5,8-11H2,(H,18,19,20). The molecule has 3 rings (SSSR count). The van der Waals surface area contributed by atoms with Gasteiger partial charge in [-0.3, -0.25) is 4.79 Å². The maximum Gasteiger partial charge on any atom is 0.256 e. The molecule has 114 valence electrons. The van der Waals surface area contributed by atoms with Crippen LogP contribution in [0.25, 0.3) is 0 Å². The molecule has 1 aliphatic heterocycles. The lowest BCUT2D eigenvalue weighted by Crippen LogP contribution is -2.27. The minimum atomic E-state index is 0.0355. The lowest BCUT2D eigenvalue weighted by Gasteiger charge is -2.14. The van der Waals surface area contributed by atoms with Gasteiger partial charge in [-0.05, 0) is 24.8 Å². The van der Waals surface area contributed by atoms with E-state index in [2.05, 4.69) is 27.4 Å². The number of anilines is 1. The topological polar surface area (TPSA) is 58.1 Å². The molecule has 0 radical (unpaired) electrons. The molecule has 0 bridgehead atoms. The van der Waals surface area contributed by atoms with Crippen LogP contribution in [0.15, 0.2) is 42.7 Å². The molecule has 0 aliphatic carbocycles. The molecule has 1 saturated heterocycles. The highest BCUT2D eigenvalue weighted by molar-refractivity contribution is 5.93. The molecule has 0 unspecified atom stereocenters. The predicted octanol–water partition coefficient (Wildman–Crippen LogP) is 2.37. The van der Waals surface area contributed by atoms with Crippen molar-refractivity contribution in [2.45, 2.75) is 19.3 Å². The summed E-state index contributed by atoms with van der Waals surface area (Å²) in [6.07, 6.45) is 6.31. The van der Waals surface area contributed by atoms with Gasteiger partial charge in [-0.2, -0.15) is 0 Å². The number of amides is 1. The number of aromatic nitrogens is 2. The monoisotopic (exact) mass is 296 g/mol. The number of likely N-dealkylation sites (tertiary alicyclic amines) is 1. The Morgan fingerprint density at radius 1 is 1.09 bits per heavy atom. The van der Waals surface area contributed by atoms with Crippen molar-refractivity contribution in [1.29, 1.82) is 0 Å². The number of benzene rings is 1. The third kappa shape index (κ3) is 3.61. The van der Waals surface area contributed by atoms with Crippen LogP contribution in [-0.4, -0.2) is 40.4 Å². The summed E-state index contributed by atoms with van der Waals surface area (Å²) in [4.78, 5) is 22.5. The molecule has 2 aromatic rings. The van der Waals surface area contributed by atoms with Gasteiger partial charge in [-0.15, -0.1) is 0 Å². The lowest BCUT2D eigenvalue weighted by atomic mass is 10.1. The van der Waals surface area contributed by atoms with Gasteiger partial charge in [0, 0.05) is 32.0 Å². The maximum absolute atomic E-state index is 12.2. The van der Waals surface area contributed by atoms with Crippen molar-refractivity contribution in [1.82, 2.24) is 14.9 Å². The van der Waals surface area contributed by atoms with Crippen molar-refractivity contribution in [2.24, 2.45) is 0 Å². The van der Waals surface area contributed by atoms with E-state index in [4.69, 9.17) is 0 Å². The van der Waals surface area contributed by atoms with Gasteiger partial charge in [0.15, 0.2) is 0 Å². The molecule has 22 heavy (non-hydrogen) atoms. The summed E-state index contributed by atoms with van der Waals surface area (Å²) in [5.41, 5.74) is 1.84. The van der Waals surface area contributed by atoms with E-state index in [0.717, 1.165) is 38.9 Å². The zero-order valence-electron chi connectivity index (χ0n) is 12.5. The van der Waals surface area contributed by atoms with Crippen LogP contribution in [0.3, 0.4) is 0 Å². The lowest BCUT2D eigenvalue weighted by molar-refractivity contribution is 0.0792. The summed E-state index contributed by atoms with van der Waals surface area (Å²) in [6, 6.07) is 10.3. The summed E-state index contributed by atoms with van der Waals surface area (Å²) < 4.78 is 0. The van der Waals surface area contributed by atoms with Crippen LogP contribution >= 0.6 is 0 Å². The maximum atomic E-state index is 12.2. The molecule has 0 spiro atoms. The van der Waals surface area contributed by atoms with Gasteiger partial charge in [0.2, 0.25) is 5.95 Å². The largest absolute Gasteiger partial charge is 0.354 e. The van der Waals surface area contributed by atoms with Crippen LogP contribution in [0.4, 0.5) is 5.95 Å². The third-order valence-electron chi connectivity index (χ3n) is 3.83. The zero-order chi connectivity index (χ0) is 15.2. The Labute approximate surface area is 130 Å². The number of hydrogen-bond donors (Lipinski definition) is 1. The Bertz CT molecular complexity index is 606. The highest BCUT2D eigenvalue weighted by Gasteiger charge is 2.19. The van der Waals surface area contributed by atoms with Crippen LogP contribution in [0.1, 0.15) is 28.8 Å². The van der Waals surface area contributed by atoms with Gasteiger partial charge in [0.25, 0.3) is 5.91 Å². The first-order chi connectivity index (χ1) is 10.8. The minimum Gasteiger partial charge on any atom is -0.354 e. The van der Waals surface area contributed by atoms with E-state index in [1.165, 1.54) is 5.56 Å². The quantitative estimate of drug-likeness (QED) is 0.920. The molecule has 5 heteroatoms. The van der Waals surface area contributed by atoms with Crippen molar-refractivity contribution in [3.8, 4) is 0 Å².